The molecule has 1 aliphatic rings. The van der Waals surface area contributed by atoms with E-state index in [0.717, 1.165) is 5.69 Å². The van der Waals surface area contributed by atoms with Gasteiger partial charge in [-0.05, 0) is 38.0 Å². The maximum absolute atomic E-state index is 12.0. The Morgan fingerprint density at radius 2 is 2.14 bits per heavy atom. The number of amides is 1. The van der Waals surface area contributed by atoms with Crippen molar-refractivity contribution < 1.29 is 9.53 Å². The minimum absolute atomic E-state index is 0.0864. The number of rotatable bonds is 7. The number of hydrogen-bond donors (Lipinski definition) is 3. The summed E-state index contributed by atoms with van der Waals surface area (Å²) in [6.45, 7) is 3.83. The van der Waals surface area contributed by atoms with E-state index in [2.05, 4.69) is 10.6 Å². The van der Waals surface area contributed by atoms with Gasteiger partial charge in [0.25, 0.3) is 5.91 Å². The van der Waals surface area contributed by atoms with E-state index in [9.17, 15) is 4.79 Å². The summed E-state index contributed by atoms with van der Waals surface area (Å²) in [5.74, 6) is -0.0864. The van der Waals surface area contributed by atoms with Crippen molar-refractivity contribution >= 4 is 17.3 Å². The summed E-state index contributed by atoms with van der Waals surface area (Å²) >= 11 is 0. The summed E-state index contributed by atoms with van der Waals surface area (Å²) in [4.78, 5) is 12.0. The lowest BCUT2D eigenvalue weighted by molar-refractivity contribution is 0.0658. The van der Waals surface area contributed by atoms with Gasteiger partial charge in [0, 0.05) is 24.5 Å². The first-order chi connectivity index (χ1) is 10.2. The lowest BCUT2D eigenvalue weighted by Crippen LogP contribution is -2.24. The third kappa shape index (κ3) is 4.63. The smallest absolute Gasteiger partial charge is 0.253 e. The summed E-state index contributed by atoms with van der Waals surface area (Å²) in [7, 11) is 0. The number of carbonyl (C=O) groups is 1. The maximum atomic E-state index is 12.0. The van der Waals surface area contributed by atoms with Gasteiger partial charge < -0.3 is 21.1 Å². The van der Waals surface area contributed by atoms with Crippen LogP contribution in [-0.2, 0) is 4.74 Å². The number of nitrogens with two attached hydrogens (primary N) is 1. The first-order valence-electron chi connectivity index (χ1n) is 7.74. The second-order valence-electron chi connectivity index (χ2n) is 5.37. The highest BCUT2D eigenvalue weighted by Crippen LogP contribution is 2.21. The molecule has 1 aromatic carbocycles. The van der Waals surface area contributed by atoms with Gasteiger partial charge >= 0.3 is 0 Å². The zero-order valence-corrected chi connectivity index (χ0v) is 12.7. The van der Waals surface area contributed by atoms with E-state index in [1.807, 2.05) is 6.92 Å². The van der Waals surface area contributed by atoms with Crippen molar-refractivity contribution in [2.24, 2.45) is 0 Å². The Balaban J connectivity index is 1.88. The summed E-state index contributed by atoms with van der Waals surface area (Å²) in [6.07, 6.45) is 5.30. The molecule has 5 nitrogen and oxygen atoms in total. The monoisotopic (exact) mass is 291 g/mol. The van der Waals surface area contributed by atoms with E-state index in [1.165, 1.54) is 25.7 Å². The molecule has 0 atom stereocenters. The van der Waals surface area contributed by atoms with Crippen molar-refractivity contribution in [1.29, 1.82) is 0 Å². The van der Waals surface area contributed by atoms with Gasteiger partial charge in [-0.1, -0.05) is 12.8 Å². The minimum atomic E-state index is -0.0864. The van der Waals surface area contributed by atoms with Crippen LogP contribution >= 0.6 is 0 Å². The molecule has 1 fully saturated rings. The third-order valence-electron chi connectivity index (χ3n) is 3.70. The molecule has 2 rings (SSSR count). The average Bonchev–Trinajstić information content (AvgIpc) is 2.97. The zero-order valence-electron chi connectivity index (χ0n) is 12.7. The van der Waals surface area contributed by atoms with Crippen LogP contribution in [-0.4, -0.2) is 31.7 Å². The molecular formula is C16H25N3O2. The standard InChI is InChI=1S/C16H25N3O2/c1-2-18-16(20)14-8-7-12(17)11-15(14)19-9-10-21-13-5-3-4-6-13/h7-8,11,13,19H,2-6,9-10,17H2,1H3,(H,18,20). The fraction of sp³-hybridized carbons (Fsp3) is 0.562. The van der Waals surface area contributed by atoms with E-state index in [-0.39, 0.29) is 5.91 Å². The molecule has 0 saturated heterocycles. The molecule has 1 amide bonds. The Morgan fingerprint density at radius 1 is 1.38 bits per heavy atom. The number of hydrogen-bond acceptors (Lipinski definition) is 4. The number of carbonyl (C=O) groups excluding carboxylic acids is 1. The van der Waals surface area contributed by atoms with E-state index < -0.39 is 0 Å². The van der Waals surface area contributed by atoms with E-state index in [1.54, 1.807) is 18.2 Å². The van der Waals surface area contributed by atoms with Crippen LogP contribution < -0.4 is 16.4 Å². The summed E-state index contributed by atoms with van der Waals surface area (Å²) < 4.78 is 5.81. The molecule has 1 saturated carbocycles. The SMILES string of the molecule is CCNC(=O)c1ccc(N)cc1NCCOC1CCCC1. The lowest BCUT2D eigenvalue weighted by Gasteiger charge is -2.15. The summed E-state index contributed by atoms with van der Waals surface area (Å²) in [6, 6.07) is 5.28. The van der Waals surface area contributed by atoms with Gasteiger partial charge in [-0.2, -0.15) is 0 Å². The van der Waals surface area contributed by atoms with Gasteiger partial charge in [0.05, 0.1) is 18.3 Å². The topological polar surface area (TPSA) is 76.4 Å². The zero-order chi connectivity index (χ0) is 15.1. The molecule has 0 radical (unpaired) electrons. The molecule has 5 heteroatoms. The highest BCUT2D eigenvalue weighted by molar-refractivity contribution is 6.00. The van der Waals surface area contributed by atoms with Crippen LogP contribution in [0.5, 0.6) is 0 Å². The molecule has 4 N–H and O–H groups in total. The van der Waals surface area contributed by atoms with Crippen molar-refractivity contribution in [2.75, 3.05) is 30.7 Å². The fourth-order valence-electron chi connectivity index (χ4n) is 2.63. The largest absolute Gasteiger partial charge is 0.399 e. The normalized spacial score (nSPS) is 15.1. The number of benzene rings is 1. The second-order valence-corrected chi connectivity index (χ2v) is 5.37. The van der Waals surface area contributed by atoms with Crippen LogP contribution in [0, 0.1) is 0 Å². The summed E-state index contributed by atoms with van der Waals surface area (Å²) in [5, 5.41) is 6.06. The molecule has 0 unspecified atom stereocenters. The van der Waals surface area contributed by atoms with Gasteiger partial charge in [0.15, 0.2) is 0 Å². The van der Waals surface area contributed by atoms with Crippen molar-refractivity contribution in [3.05, 3.63) is 23.8 Å². The Labute approximate surface area is 126 Å². The van der Waals surface area contributed by atoms with Gasteiger partial charge in [-0.15, -0.1) is 0 Å². The molecule has 0 bridgehead atoms. The number of ether oxygens (including phenoxy) is 1. The Morgan fingerprint density at radius 3 is 2.86 bits per heavy atom. The molecule has 1 aromatic rings. The van der Waals surface area contributed by atoms with Gasteiger partial charge in [0.2, 0.25) is 0 Å². The second kappa shape index (κ2) is 7.88. The highest BCUT2D eigenvalue weighted by Gasteiger charge is 2.15. The van der Waals surface area contributed by atoms with Crippen LogP contribution in [0.2, 0.25) is 0 Å². The van der Waals surface area contributed by atoms with E-state index in [0.29, 0.717) is 37.1 Å². The quantitative estimate of drug-likeness (QED) is 0.532. The highest BCUT2D eigenvalue weighted by atomic mass is 16.5. The fourth-order valence-corrected chi connectivity index (χ4v) is 2.63. The van der Waals surface area contributed by atoms with Crippen molar-refractivity contribution in [3.63, 3.8) is 0 Å². The van der Waals surface area contributed by atoms with Gasteiger partial charge in [-0.3, -0.25) is 4.79 Å². The van der Waals surface area contributed by atoms with Crippen molar-refractivity contribution in [2.45, 2.75) is 38.7 Å². The van der Waals surface area contributed by atoms with Gasteiger partial charge in [0.1, 0.15) is 0 Å². The van der Waals surface area contributed by atoms with E-state index >= 15 is 0 Å². The predicted molar refractivity (Wildman–Crippen MR) is 85.6 cm³/mol. The van der Waals surface area contributed by atoms with E-state index in [4.69, 9.17) is 10.5 Å². The number of nitrogens with one attached hydrogen (secondary N) is 2. The molecule has 0 spiro atoms. The van der Waals surface area contributed by atoms with Gasteiger partial charge in [-0.25, -0.2) is 0 Å². The molecule has 1 aliphatic carbocycles. The molecule has 0 aromatic heterocycles. The first kappa shape index (κ1) is 15.6. The molecule has 0 aliphatic heterocycles. The lowest BCUT2D eigenvalue weighted by atomic mass is 10.1. The average molecular weight is 291 g/mol. The van der Waals surface area contributed by atoms with Crippen LogP contribution in [0.15, 0.2) is 18.2 Å². The molecular weight excluding hydrogens is 266 g/mol. The molecule has 21 heavy (non-hydrogen) atoms. The molecule has 116 valence electrons. The summed E-state index contributed by atoms with van der Waals surface area (Å²) in [5.41, 5.74) is 7.82. The number of nitrogen functional groups attached to an aromatic ring is 1. The maximum Gasteiger partial charge on any atom is 0.253 e. The Kier molecular flexibility index (Phi) is 5.87. The van der Waals surface area contributed by atoms with Crippen LogP contribution in [0.1, 0.15) is 43.0 Å². The molecule has 0 heterocycles. The number of anilines is 2. The van der Waals surface area contributed by atoms with Crippen LogP contribution in [0.25, 0.3) is 0 Å². The Hall–Kier alpha value is -1.75. The first-order valence-corrected chi connectivity index (χ1v) is 7.74. The minimum Gasteiger partial charge on any atom is -0.399 e. The third-order valence-corrected chi connectivity index (χ3v) is 3.70. The van der Waals surface area contributed by atoms with Crippen molar-refractivity contribution in [3.8, 4) is 0 Å². The predicted octanol–water partition coefficient (Wildman–Crippen LogP) is 2.39. The van der Waals surface area contributed by atoms with Crippen molar-refractivity contribution in [1.82, 2.24) is 5.32 Å². The van der Waals surface area contributed by atoms with Crippen LogP contribution in [0.3, 0.4) is 0 Å². The Bertz CT molecular complexity index is 471. The van der Waals surface area contributed by atoms with Crippen LogP contribution in [0.4, 0.5) is 11.4 Å².